The highest BCUT2D eigenvalue weighted by molar-refractivity contribution is 7.89. The molecule has 1 aliphatic carbocycles. The second-order valence-corrected chi connectivity index (χ2v) is 10.8. The smallest absolute Gasteiger partial charge is 0.252 e. The van der Waals surface area contributed by atoms with Gasteiger partial charge in [0.05, 0.1) is 17.5 Å². The number of nitrogens with one attached hydrogen (secondary N) is 2. The Kier molecular flexibility index (Phi) is 7.60. The van der Waals surface area contributed by atoms with Gasteiger partial charge in [-0.15, -0.1) is 11.3 Å². The zero-order valence-corrected chi connectivity index (χ0v) is 20.2. The molecule has 0 saturated carbocycles. The van der Waals surface area contributed by atoms with Gasteiger partial charge in [0.2, 0.25) is 10.0 Å². The highest BCUT2D eigenvalue weighted by Crippen LogP contribution is 2.30. The average molecular weight is 485 g/mol. The van der Waals surface area contributed by atoms with E-state index in [1.165, 1.54) is 43.2 Å². The molecule has 2 N–H and O–H groups in total. The molecule has 1 heterocycles. The van der Waals surface area contributed by atoms with Crippen molar-refractivity contribution < 1.29 is 17.9 Å². The third kappa shape index (κ3) is 5.70. The minimum absolute atomic E-state index is 0.0488. The number of aryl methyl sites for hydroxylation is 2. The molecule has 0 saturated heterocycles. The molecule has 3 aromatic rings. The van der Waals surface area contributed by atoms with E-state index in [9.17, 15) is 13.2 Å². The fraction of sp³-hybridized carbons (Fsp3) is 0.320. The van der Waals surface area contributed by atoms with Gasteiger partial charge in [-0.2, -0.15) is 0 Å². The molecular weight excluding hydrogens is 456 g/mol. The van der Waals surface area contributed by atoms with Crippen LogP contribution in [0.5, 0.6) is 0 Å². The van der Waals surface area contributed by atoms with Gasteiger partial charge in [0.25, 0.3) is 5.91 Å². The minimum atomic E-state index is -3.73. The van der Waals surface area contributed by atoms with Crippen molar-refractivity contribution >= 4 is 27.3 Å². The van der Waals surface area contributed by atoms with Gasteiger partial charge in [-0.1, -0.05) is 30.3 Å². The molecule has 0 aliphatic heterocycles. The van der Waals surface area contributed by atoms with Crippen LogP contribution in [-0.4, -0.2) is 34.6 Å². The molecule has 6 nitrogen and oxygen atoms in total. The normalized spacial score (nSPS) is 14.5. The molecule has 0 radical (unpaired) electrons. The summed E-state index contributed by atoms with van der Waals surface area (Å²) in [7, 11) is -2.22. The standard InChI is InChI=1S/C25H28N2O4S2/c1-31-14-13-26-33(29,30)22-9-4-8-21(17-22)25(28)27-24(23-10-5-15-32-23)20-12-11-18-6-2-3-7-19(18)16-20/h4-5,8-12,15-17,24,26H,2-3,6-7,13-14H2,1H3,(H,27,28). The van der Waals surface area contributed by atoms with Gasteiger partial charge in [-0.05, 0) is 72.0 Å². The number of rotatable bonds is 9. The lowest BCUT2D eigenvalue weighted by atomic mass is 9.89. The number of hydrogen-bond acceptors (Lipinski definition) is 5. The van der Waals surface area contributed by atoms with Crippen molar-refractivity contribution in [2.75, 3.05) is 20.3 Å². The molecule has 33 heavy (non-hydrogen) atoms. The number of carbonyl (C=O) groups excluding carboxylic acids is 1. The van der Waals surface area contributed by atoms with Crippen LogP contribution in [-0.2, 0) is 27.6 Å². The highest BCUT2D eigenvalue weighted by atomic mass is 32.2. The number of ether oxygens (including phenoxy) is 1. The van der Waals surface area contributed by atoms with Crippen molar-refractivity contribution in [1.82, 2.24) is 10.0 Å². The second kappa shape index (κ2) is 10.6. The summed E-state index contributed by atoms with van der Waals surface area (Å²) in [5.41, 5.74) is 4.07. The lowest BCUT2D eigenvalue weighted by Gasteiger charge is -2.22. The van der Waals surface area contributed by atoms with Crippen molar-refractivity contribution in [2.24, 2.45) is 0 Å². The van der Waals surface area contributed by atoms with Crippen LogP contribution in [0.15, 0.2) is 64.9 Å². The number of fused-ring (bicyclic) bond motifs is 1. The Balaban J connectivity index is 1.58. The van der Waals surface area contributed by atoms with Crippen LogP contribution in [0.2, 0.25) is 0 Å². The van der Waals surface area contributed by atoms with E-state index in [2.05, 4.69) is 28.2 Å². The first-order valence-electron chi connectivity index (χ1n) is 11.0. The van der Waals surface area contributed by atoms with Crippen molar-refractivity contribution in [3.63, 3.8) is 0 Å². The van der Waals surface area contributed by atoms with E-state index in [4.69, 9.17) is 4.74 Å². The zero-order valence-electron chi connectivity index (χ0n) is 18.5. The minimum Gasteiger partial charge on any atom is -0.383 e. The maximum Gasteiger partial charge on any atom is 0.252 e. The fourth-order valence-corrected chi connectivity index (χ4v) is 5.95. The first kappa shape index (κ1) is 23.6. The molecule has 0 fully saturated rings. The first-order chi connectivity index (χ1) is 16.0. The Morgan fingerprint density at radius 3 is 2.64 bits per heavy atom. The van der Waals surface area contributed by atoms with Gasteiger partial charge in [0.15, 0.2) is 0 Å². The van der Waals surface area contributed by atoms with Crippen LogP contribution in [0.3, 0.4) is 0 Å². The monoisotopic (exact) mass is 484 g/mol. The molecular formula is C25H28N2O4S2. The molecule has 0 spiro atoms. The van der Waals surface area contributed by atoms with Crippen molar-refractivity contribution in [2.45, 2.75) is 36.6 Å². The van der Waals surface area contributed by atoms with Crippen LogP contribution >= 0.6 is 11.3 Å². The molecule has 4 rings (SSSR count). The first-order valence-corrected chi connectivity index (χ1v) is 13.4. The molecule has 0 bridgehead atoms. The van der Waals surface area contributed by atoms with E-state index >= 15 is 0 Å². The van der Waals surface area contributed by atoms with E-state index in [1.807, 2.05) is 17.5 Å². The number of thiophene rings is 1. The molecule has 1 atom stereocenters. The molecule has 2 aromatic carbocycles. The molecule has 1 amide bonds. The number of carbonyl (C=O) groups is 1. The summed E-state index contributed by atoms with van der Waals surface area (Å²) in [6.45, 7) is 0.427. The third-order valence-corrected chi connectivity index (χ3v) is 8.21. The van der Waals surface area contributed by atoms with Gasteiger partial charge in [-0.25, -0.2) is 13.1 Å². The Morgan fingerprint density at radius 1 is 1.06 bits per heavy atom. The number of methoxy groups -OCH3 is 1. The number of hydrogen-bond donors (Lipinski definition) is 2. The van der Waals surface area contributed by atoms with E-state index in [0.29, 0.717) is 5.56 Å². The van der Waals surface area contributed by atoms with E-state index in [-0.39, 0.29) is 30.0 Å². The fourth-order valence-electron chi connectivity index (χ4n) is 4.09. The van der Waals surface area contributed by atoms with E-state index in [0.717, 1.165) is 23.3 Å². The van der Waals surface area contributed by atoms with Crippen LogP contribution in [0, 0.1) is 0 Å². The van der Waals surface area contributed by atoms with Crippen LogP contribution in [0.4, 0.5) is 0 Å². The average Bonchev–Trinajstić information content (AvgIpc) is 3.37. The lowest BCUT2D eigenvalue weighted by Crippen LogP contribution is -2.30. The maximum absolute atomic E-state index is 13.2. The second-order valence-electron chi connectivity index (χ2n) is 8.08. The van der Waals surface area contributed by atoms with Crippen LogP contribution in [0.25, 0.3) is 0 Å². The molecule has 174 valence electrons. The van der Waals surface area contributed by atoms with Crippen molar-refractivity contribution in [3.8, 4) is 0 Å². The Labute approximate surface area is 199 Å². The predicted molar refractivity (Wildman–Crippen MR) is 130 cm³/mol. The molecule has 1 aromatic heterocycles. The quantitative estimate of drug-likeness (QED) is 0.449. The van der Waals surface area contributed by atoms with E-state index < -0.39 is 10.0 Å². The van der Waals surface area contributed by atoms with Crippen LogP contribution < -0.4 is 10.0 Å². The number of benzene rings is 2. The summed E-state index contributed by atoms with van der Waals surface area (Å²) in [4.78, 5) is 14.3. The Bertz CT molecular complexity index is 1210. The molecule has 1 unspecified atom stereocenters. The third-order valence-electron chi connectivity index (χ3n) is 5.81. The predicted octanol–water partition coefficient (Wildman–Crippen LogP) is 4.07. The number of sulfonamides is 1. The van der Waals surface area contributed by atoms with Gasteiger partial charge in [0.1, 0.15) is 0 Å². The Hall–Kier alpha value is -2.52. The van der Waals surface area contributed by atoms with Crippen LogP contribution in [0.1, 0.15) is 50.8 Å². The SMILES string of the molecule is COCCNS(=O)(=O)c1cccc(C(=O)NC(c2ccc3c(c2)CCCC3)c2cccs2)c1. The van der Waals surface area contributed by atoms with E-state index in [1.54, 1.807) is 23.5 Å². The summed E-state index contributed by atoms with van der Waals surface area (Å²) in [6.07, 6.45) is 4.57. The van der Waals surface area contributed by atoms with Gasteiger partial charge >= 0.3 is 0 Å². The van der Waals surface area contributed by atoms with Crippen molar-refractivity contribution in [3.05, 3.63) is 87.1 Å². The number of amides is 1. The van der Waals surface area contributed by atoms with Gasteiger partial charge < -0.3 is 10.1 Å². The summed E-state index contributed by atoms with van der Waals surface area (Å²) in [5, 5.41) is 5.12. The lowest BCUT2D eigenvalue weighted by molar-refractivity contribution is 0.0943. The summed E-state index contributed by atoms with van der Waals surface area (Å²) in [5.74, 6) is -0.319. The maximum atomic E-state index is 13.2. The summed E-state index contributed by atoms with van der Waals surface area (Å²) >= 11 is 1.59. The zero-order chi connectivity index (χ0) is 23.3. The van der Waals surface area contributed by atoms with Gasteiger partial charge in [-0.3, -0.25) is 4.79 Å². The molecule has 8 heteroatoms. The Morgan fingerprint density at radius 2 is 1.88 bits per heavy atom. The topological polar surface area (TPSA) is 84.5 Å². The van der Waals surface area contributed by atoms with Gasteiger partial charge in [0, 0.05) is 24.1 Å². The summed E-state index contributed by atoms with van der Waals surface area (Å²) in [6, 6.07) is 16.2. The van der Waals surface area contributed by atoms with Crippen molar-refractivity contribution in [1.29, 1.82) is 0 Å². The highest BCUT2D eigenvalue weighted by Gasteiger charge is 2.22. The summed E-state index contributed by atoms with van der Waals surface area (Å²) < 4.78 is 32.5. The largest absolute Gasteiger partial charge is 0.383 e. The molecule has 1 aliphatic rings.